The van der Waals surface area contributed by atoms with Gasteiger partial charge in [0.05, 0.1) is 5.69 Å². The summed E-state index contributed by atoms with van der Waals surface area (Å²) in [4.78, 5) is 18.3. The lowest BCUT2D eigenvalue weighted by molar-refractivity contribution is -0.137. The Morgan fingerprint density at radius 2 is 2.00 bits per heavy atom. The summed E-state index contributed by atoms with van der Waals surface area (Å²) in [6.45, 7) is 2.48. The number of halogens is 1. The van der Waals surface area contributed by atoms with Crippen LogP contribution in [0.15, 0.2) is 67.0 Å². The Kier molecular flexibility index (Phi) is 4.44. The van der Waals surface area contributed by atoms with Gasteiger partial charge in [0.1, 0.15) is 5.54 Å². The van der Waals surface area contributed by atoms with Crippen molar-refractivity contribution in [2.24, 2.45) is 5.92 Å². The van der Waals surface area contributed by atoms with E-state index >= 15 is 0 Å². The second kappa shape index (κ2) is 7.21. The van der Waals surface area contributed by atoms with Crippen molar-refractivity contribution >= 4 is 17.5 Å². The molecule has 3 aliphatic heterocycles. The number of nitrogens with zero attached hydrogens (tertiary/aromatic N) is 4. The molecule has 2 aromatic carbocycles. The van der Waals surface area contributed by atoms with Crippen molar-refractivity contribution in [3.8, 4) is 5.69 Å². The molecule has 3 fully saturated rings. The van der Waals surface area contributed by atoms with Crippen LogP contribution >= 0.6 is 11.6 Å². The molecule has 3 aliphatic rings. The van der Waals surface area contributed by atoms with Gasteiger partial charge in [0.2, 0.25) is 5.91 Å². The Hall–Kier alpha value is -2.63. The van der Waals surface area contributed by atoms with Gasteiger partial charge in [0.25, 0.3) is 0 Å². The zero-order valence-corrected chi connectivity index (χ0v) is 18.1. The Balaban J connectivity index is 1.25. The third-order valence-electron chi connectivity index (χ3n) is 7.44. The molecule has 31 heavy (non-hydrogen) atoms. The topological polar surface area (TPSA) is 41.4 Å². The highest BCUT2D eigenvalue weighted by Gasteiger charge is 2.65. The molecule has 0 N–H and O–H groups in total. The van der Waals surface area contributed by atoms with Crippen LogP contribution in [0.25, 0.3) is 5.69 Å². The molecule has 3 atom stereocenters. The number of carbonyl (C=O) groups excluding carboxylic acids is 1. The van der Waals surface area contributed by atoms with E-state index in [0.717, 1.165) is 48.6 Å². The lowest BCUT2D eigenvalue weighted by Crippen LogP contribution is -2.49. The molecular formula is C25H25ClN4O. The van der Waals surface area contributed by atoms with Gasteiger partial charge in [-0.1, -0.05) is 35.9 Å². The van der Waals surface area contributed by atoms with Crippen LogP contribution < -0.4 is 0 Å². The highest BCUT2D eigenvalue weighted by atomic mass is 35.5. The maximum Gasteiger partial charge on any atom is 0.243 e. The first-order valence-corrected chi connectivity index (χ1v) is 11.4. The first-order chi connectivity index (χ1) is 15.1. The Morgan fingerprint density at radius 3 is 2.77 bits per heavy atom. The summed E-state index contributed by atoms with van der Waals surface area (Å²) in [5.41, 5.74) is 3.16. The second-order valence-electron chi connectivity index (χ2n) is 9.03. The Labute approximate surface area is 187 Å². The van der Waals surface area contributed by atoms with Gasteiger partial charge in [-0.25, -0.2) is 4.68 Å². The molecule has 1 spiro atoms. The summed E-state index contributed by atoms with van der Waals surface area (Å²) in [5, 5.41) is 5.04. The molecule has 3 aromatic rings. The molecule has 158 valence electrons. The van der Waals surface area contributed by atoms with E-state index in [1.807, 2.05) is 35.1 Å². The molecule has 4 heterocycles. The summed E-state index contributed by atoms with van der Waals surface area (Å²) in [7, 11) is 0. The smallest absolute Gasteiger partial charge is 0.243 e. The fourth-order valence-corrected chi connectivity index (χ4v) is 6.37. The Morgan fingerprint density at radius 1 is 1.13 bits per heavy atom. The average Bonchev–Trinajstić information content (AvgIpc) is 3.54. The molecule has 3 saturated heterocycles. The number of hydrogen-bond acceptors (Lipinski definition) is 3. The standard InChI is InChI=1S/C25H25ClN4O/c26-21-5-1-4-18(14-21)16-28-17-20-15-23(29-12-2-10-25(20,29)24(28)31)19-6-8-22(9-7-19)30-13-3-11-27-30/h1,3-9,11,13-14,20,23H,2,10,12,15-17H2/t20-,23-,25-/m0/s1. The lowest BCUT2D eigenvalue weighted by Gasteiger charge is -2.33. The number of benzene rings is 2. The second-order valence-corrected chi connectivity index (χ2v) is 9.46. The monoisotopic (exact) mass is 432 g/mol. The van der Waals surface area contributed by atoms with Crippen molar-refractivity contribution in [1.82, 2.24) is 19.6 Å². The zero-order chi connectivity index (χ0) is 21.0. The van der Waals surface area contributed by atoms with Gasteiger partial charge in [-0.15, -0.1) is 0 Å². The molecule has 0 bridgehead atoms. The SMILES string of the molecule is O=C1N(Cc2cccc(Cl)c2)C[C@@H]2C[C@@H](c3ccc(-n4cccn4)cc3)N3CCC[C@@]123. The van der Waals surface area contributed by atoms with E-state index in [1.165, 1.54) is 5.56 Å². The Bertz CT molecular complexity index is 1110. The minimum Gasteiger partial charge on any atom is -0.336 e. The lowest BCUT2D eigenvalue weighted by atomic mass is 9.85. The molecule has 0 saturated carbocycles. The van der Waals surface area contributed by atoms with Crippen LogP contribution in [0.5, 0.6) is 0 Å². The molecular weight excluding hydrogens is 408 g/mol. The predicted octanol–water partition coefficient (Wildman–Crippen LogP) is 4.46. The van der Waals surface area contributed by atoms with Gasteiger partial charge in [-0.05, 0) is 67.3 Å². The largest absolute Gasteiger partial charge is 0.336 e. The van der Waals surface area contributed by atoms with E-state index in [0.29, 0.717) is 24.4 Å². The van der Waals surface area contributed by atoms with Gasteiger partial charge in [0.15, 0.2) is 0 Å². The van der Waals surface area contributed by atoms with Crippen LogP contribution in [0.1, 0.15) is 36.4 Å². The number of aromatic nitrogens is 2. The fraction of sp³-hybridized carbons (Fsp3) is 0.360. The van der Waals surface area contributed by atoms with Crippen molar-refractivity contribution < 1.29 is 4.79 Å². The highest BCUT2D eigenvalue weighted by Crippen LogP contribution is 2.56. The van der Waals surface area contributed by atoms with Crippen LogP contribution in [0.4, 0.5) is 0 Å². The van der Waals surface area contributed by atoms with E-state index in [4.69, 9.17) is 11.6 Å². The first-order valence-electron chi connectivity index (χ1n) is 11.1. The van der Waals surface area contributed by atoms with E-state index in [2.05, 4.69) is 45.2 Å². The summed E-state index contributed by atoms with van der Waals surface area (Å²) in [5.74, 6) is 0.697. The number of rotatable bonds is 4. The molecule has 6 heteroatoms. The normalized spacial score (nSPS) is 27.6. The van der Waals surface area contributed by atoms with E-state index in [-0.39, 0.29) is 5.54 Å². The van der Waals surface area contributed by atoms with Crippen LogP contribution in [0, 0.1) is 5.92 Å². The van der Waals surface area contributed by atoms with Crippen molar-refractivity contribution in [2.45, 2.75) is 37.4 Å². The van der Waals surface area contributed by atoms with Crippen LogP contribution in [-0.4, -0.2) is 44.1 Å². The van der Waals surface area contributed by atoms with Gasteiger partial charge in [-0.3, -0.25) is 9.69 Å². The molecule has 1 aromatic heterocycles. The molecule has 0 unspecified atom stereocenters. The van der Waals surface area contributed by atoms with Gasteiger partial charge >= 0.3 is 0 Å². The van der Waals surface area contributed by atoms with E-state index in [9.17, 15) is 4.79 Å². The average molecular weight is 433 g/mol. The van der Waals surface area contributed by atoms with Crippen LogP contribution in [-0.2, 0) is 11.3 Å². The maximum atomic E-state index is 13.7. The molecule has 0 radical (unpaired) electrons. The number of amides is 1. The number of hydrogen-bond donors (Lipinski definition) is 0. The van der Waals surface area contributed by atoms with Crippen molar-refractivity contribution in [3.63, 3.8) is 0 Å². The zero-order valence-electron chi connectivity index (χ0n) is 17.3. The molecule has 0 aliphatic carbocycles. The third kappa shape index (κ3) is 2.94. The van der Waals surface area contributed by atoms with Crippen LogP contribution in [0.3, 0.4) is 0 Å². The fourth-order valence-electron chi connectivity index (χ4n) is 6.16. The quantitative estimate of drug-likeness (QED) is 0.611. The van der Waals surface area contributed by atoms with Gasteiger partial charge in [0, 0.05) is 42.5 Å². The summed E-state index contributed by atoms with van der Waals surface area (Å²) < 4.78 is 1.88. The third-order valence-corrected chi connectivity index (χ3v) is 7.67. The summed E-state index contributed by atoms with van der Waals surface area (Å²) in [6.07, 6.45) is 6.86. The highest BCUT2D eigenvalue weighted by molar-refractivity contribution is 6.30. The van der Waals surface area contributed by atoms with E-state index < -0.39 is 0 Å². The predicted molar refractivity (Wildman–Crippen MR) is 120 cm³/mol. The van der Waals surface area contributed by atoms with Gasteiger partial charge < -0.3 is 4.90 Å². The first kappa shape index (κ1) is 19.1. The number of likely N-dealkylation sites (tertiary alicyclic amines) is 1. The van der Waals surface area contributed by atoms with Crippen molar-refractivity contribution in [3.05, 3.63) is 83.1 Å². The molecule has 6 rings (SSSR count). The molecule has 5 nitrogen and oxygen atoms in total. The van der Waals surface area contributed by atoms with Gasteiger partial charge in [-0.2, -0.15) is 5.10 Å². The summed E-state index contributed by atoms with van der Waals surface area (Å²) >= 11 is 6.16. The number of carbonyl (C=O) groups is 1. The minimum absolute atomic E-state index is 0.311. The van der Waals surface area contributed by atoms with Crippen LogP contribution in [0.2, 0.25) is 5.02 Å². The maximum absolute atomic E-state index is 13.7. The molecule has 1 amide bonds. The van der Waals surface area contributed by atoms with Crippen molar-refractivity contribution in [2.75, 3.05) is 13.1 Å². The summed E-state index contributed by atoms with van der Waals surface area (Å²) in [6, 6.07) is 18.8. The van der Waals surface area contributed by atoms with E-state index in [1.54, 1.807) is 6.20 Å². The minimum atomic E-state index is -0.316. The van der Waals surface area contributed by atoms with Crippen molar-refractivity contribution in [1.29, 1.82) is 0 Å².